The van der Waals surface area contributed by atoms with Crippen LogP contribution in [0.25, 0.3) is 0 Å². The van der Waals surface area contributed by atoms with Crippen LogP contribution in [-0.2, 0) is 16.6 Å². The normalized spacial score (nSPS) is 25.0. The molecule has 0 bridgehead atoms. The number of aryl methyl sites for hydroxylation is 1. The Bertz CT molecular complexity index is 590. The Kier molecular flexibility index (Phi) is 3.62. The lowest BCUT2D eigenvalue weighted by molar-refractivity contribution is 0.244. The van der Waals surface area contributed by atoms with Crippen molar-refractivity contribution < 1.29 is 8.42 Å². The van der Waals surface area contributed by atoms with Gasteiger partial charge >= 0.3 is 0 Å². The zero-order valence-electron chi connectivity index (χ0n) is 12.2. The van der Waals surface area contributed by atoms with E-state index in [1.165, 1.54) is 30.6 Å². The van der Waals surface area contributed by atoms with Crippen LogP contribution >= 0.6 is 0 Å². The number of nitrogens with zero attached hydrogens (tertiary/aromatic N) is 3. The maximum Gasteiger partial charge on any atom is 0.211 e. The van der Waals surface area contributed by atoms with Crippen LogP contribution in [0.3, 0.4) is 0 Å². The first kappa shape index (κ1) is 14.1. The van der Waals surface area contributed by atoms with E-state index in [9.17, 15) is 8.42 Å². The summed E-state index contributed by atoms with van der Waals surface area (Å²) >= 11 is 0. The molecule has 6 heteroatoms. The third kappa shape index (κ3) is 2.91. The number of imidazole rings is 1. The molecular weight excluding hydrogens is 274 g/mol. The fraction of sp³-hybridized carbons (Fsp3) is 0.786. The standard InChI is InChI=1S/C14H23N3O2S/c1-11-8-15-14(13-5-6-13)17(11)10-12-4-3-7-16(9-12)20(2,18)19/h8,12-13H,3-7,9-10H2,1-2H3. The molecule has 1 aliphatic heterocycles. The number of aromatic nitrogens is 2. The molecular formula is C14H23N3O2S. The van der Waals surface area contributed by atoms with Gasteiger partial charge in [-0.05, 0) is 38.5 Å². The summed E-state index contributed by atoms with van der Waals surface area (Å²) in [6.07, 6.45) is 7.82. The molecule has 1 unspecified atom stereocenters. The molecule has 3 rings (SSSR count). The second kappa shape index (κ2) is 5.15. The Hall–Kier alpha value is -0.880. The highest BCUT2D eigenvalue weighted by molar-refractivity contribution is 7.88. The largest absolute Gasteiger partial charge is 0.332 e. The van der Waals surface area contributed by atoms with E-state index in [1.807, 2.05) is 6.20 Å². The Labute approximate surface area is 121 Å². The van der Waals surface area contributed by atoms with Crippen molar-refractivity contribution in [3.63, 3.8) is 0 Å². The summed E-state index contributed by atoms with van der Waals surface area (Å²) in [5.74, 6) is 2.25. The summed E-state index contributed by atoms with van der Waals surface area (Å²) < 4.78 is 27.3. The van der Waals surface area contributed by atoms with Gasteiger partial charge in [0.05, 0.1) is 6.26 Å². The molecule has 1 atom stereocenters. The van der Waals surface area contributed by atoms with Gasteiger partial charge in [-0.15, -0.1) is 0 Å². The van der Waals surface area contributed by atoms with Crippen LogP contribution in [0.5, 0.6) is 0 Å². The van der Waals surface area contributed by atoms with Crippen molar-refractivity contribution in [3.8, 4) is 0 Å². The molecule has 1 saturated heterocycles. The van der Waals surface area contributed by atoms with Crippen molar-refractivity contribution >= 4 is 10.0 Å². The van der Waals surface area contributed by atoms with E-state index in [2.05, 4.69) is 16.5 Å². The molecule has 2 heterocycles. The van der Waals surface area contributed by atoms with Gasteiger partial charge in [-0.2, -0.15) is 0 Å². The SMILES string of the molecule is Cc1cnc(C2CC2)n1CC1CCCN(S(C)(=O)=O)C1. The molecule has 1 aliphatic carbocycles. The highest BCUT2D eigenvalue weighted by Gasteiger charge is 2.31. The second-order valence-corrected chi connectivity index (χ2v) is 8.25. The fourth-order valence-electron chi connectivity index (χ4n) is 3.12. The Balaban J connectivity index is 1.73. The first-order valence-corrected chi connectivity index (χ1v) is 9.27. The second-order valence-electron chi connectivity index (χ2n) is 6.27. The smallest absolute Gasteiger partial charge is 0.211 e. The molecule has 1 saturated carbocycles. The molecule has 5 nitrogen and oxygen atoms in total. The highest BCUT2D eigenvalue weighted by atomic mass is 32.2. The monoisotopic (exact) mass is 297 g/mol. The van der Waals surface area contributed by atoms with Crippen molar-refractivity contribution in [2.45, 2.75) is 45.1 Å². The van der Waals surface area contributed by atoms with Gasteiger partial charge in [-0.25, -0.2) is 17.7 Å². The van der Waals surface area contributed by atoms with Gasteiger partial charge in [-0.1, -0.05) is 0 Å². The Morgan fingerprint density at radius 3 is 2.75 bits per heavy atom. The first-order valence-electron chi connectivity index (χ1n) is 7.42. The van der Waals surface area contributed by atoms with E-state index in [-0.39, 0.29) is 0 Å². The predicted octanol–water partition coefficient (Wildman–Crippen LogP) is 1.74. The van der Waals surface area contributed by atoms with Crippen LogP contribution < -0.4 is 0 Å². The molecule has 20 heavy (non-hydrogen) atoms. The third-order valence-corrected chi connectivity index (χ3v) is 5.69. The van der Waals surface area contributed by atoms with Crippen molar-refractivity contribution in [1.29, 1.82) is 0 Å². The van der Waals surface area contributed by atoms with E-state index in [0.717, 1.165) is 19.4 Å². The first-order chi connectivity index (χ1) is 9.45. The number of rotatable bonds is 4. The zero-order chi connectivity index (χ0) is 14.3. The molecule has 2 fully saturated rings. The topological polar surface area (TPSA) is 55.2 Å². The average molecular weight is 297 g/mol. The summed E-state index contributed by atoms with van der Waals surface area (Å²) in [7, 11) is -3.05. The quantitative estimate of drug-likeness (QED) is 0.850. The maximum atomic E-state index is 11.7. The van der Waals surface area contributed by atoms with Gasteiger partial charge in [0.2, 0.25) is 10.0 Å². The van der Waals surface area contributed by atoms with Crippen molar-refractivity contribution in [1.82, 2.24) is 13.9 Å². The van der Waals surface area contributed by atoms with Crippen LogP contribution in [0, 0.1) is 12.8 Å². The summed E-state index contributed by atoms with van der Waals surface area (Å²) in [6.45, 7) is 4.33. The van der Waals surface area contributed by atoms with Gasteiger partial charge in [0.1, 0.15) is 5.82 Å². The number of hydrogen-bond acceptors (Lipinski definition) is 3. The minimum atomic E-state index is -3.05. The fourth-order valence-corrected chi connectivity index (χ4v) is 4.06. The van der Waals surface area contributed by atoms with Crippen LogP contribution in [-0.4, -0.2) is 41.6 Å². The lowest BCUT2D eigenvalue weighted by Crippen LogP contribution is -2.40. The van der Waals surface area contributed by atoms with Crippen LogP contribution in [0.4, 0.5) is 0 Å². The molecule has 2 aliphatic rings. The van der Waals surface area contributed by atoms with E-state index in [1.54, 1.807) is 4.31 Å². The van der Waals surface area contributed by atoms with Crippen molar-refractivity contribution in [3.05, 3.63) is 17.7 Å². The molecule has 0 radical (unpaired) electrons. The van der Waals surface area contributed by atoms with Gasteiger partial charge in [-0.3, -0.25) is 0 Å². The van der Waals surface area contributed by atoms with Crippen molar-refractivity contribution in [2.24, 2.45) is 5.92 Å². The van der Waals surface area contributed by atoms with E-state index in [0.29, 0.717) is 24.9 Å². The van der Waals surface area contributed by atoms with E-state index >= 15 is 0 Å². The summed E-state index contributed by atoms with van der Waals surface area (Å²) in [5.41, 5.74) is 1.20. The van der Waals surface area contributed by atoms with E-state index in [4.69, 9.17) is 0 Å². The minimum Gasteiger partial charge on any atom is -0.332 e. The molecule has 0 spiro atoms. The molecule has 1 aromatic heterocycles. The summed E-state index contributed by atoms with van der Waals surface area (Å²) in [5, 5.41) is 0. The molecule has 1 aromatic rings. The maximum absolute atomic E-state index is 11.7. The average Bonchev–Trinajstić information content (AvgIpc) is 3.16. The lowest BCUT2D eigenvalue weighted by atomic mass is 9.99. The van der Waals surface area contributed by atoms with Gasteiger partial charge < -0.3 is 4.57 Å². The van der Waals surface area contributed by atoms with Crippen molar-refractivity contribution in [2.75, 3.05) is 19.3 Å². The number of piperidine rings is 1. The van der Waals surface area contributed by atoms with Crippen LogP contribution in [0.1, 0.15) is 43.1 Å². The molecule has 0 N–H and O–H groups in total. The van der Waals surface area contributed by atoms with Crippen LogP contribution in [0.15, 0.2) is 6.20 Å². The molecule has 0 aromatic carbocycles. The Morgan fingerprint density at radius 2 is 2.10 bits per heavy atom. The van der Waals surface area contributed by atoms with Gasteiger partial charge in [0, 0.05) is 37.4 Å². The van der Waals surface area contributed by atoms with Crippen LogP contribution in [0.2, 0.25) is 0 Å². The minimum absolute atomic E-state index is 0.406. The van der Waals surface area contributed by atoms with Gasteiger partial charge in [0.25, 0.3) is 0 Å². The number of hydrogen-bond donors (Lipinski definition) is 0. The predicted molar refractivity (Wildman–Crippen MR) is 78.1 cm³/mol. The summed E-state index contributed by atoms with van der Waals surface area (Å²) in [6, 6.07) is 0. The highest BCUT2D eigenvalue weighted by Crippen LogP contribution is 2.40. The Morgan fingerprint density at radius 1 is 1.35 bits per heavy atom. The molecule has 112 valence electrons. The zero-order valence-corrected chi connectivity index (χ0v) is 13.1. The molecule has 0 amide bonds. The summed E-state index contributed by atoms with van der Waals surface area (Å²) in [4.78, 5) is 4.54. The van der Waals surface area contributed by atoms with Gasteiger partial charge in [0.15, 0.2) is 0 Å². The van der Waals surface area contributed by atoms with E-state index < -0.39 is 10.0 Å². The third-order valence-electron chi connectivity index (χ3n) is 4.42. The number of sulfonamides is 1. The lowest BCUT2D eigenvalue weighted by Gasteiger charge is -2.31.